The second-order valence-electron chi connectivity index (χ2n) is 4.89. The smallest absolute Gasteiger partial charge is 0.0847 e. The zero-order valence-corrected chi connectivity index (χ0v) is 14.0. The molecule has 1 aliphatic rings. The Morgan fingerprint density at radius 3 is 2.74 bits per heavy atom. The monoisotopic (exact) mass is 320 g/mol. The van der Waals surface area contributed by atoms with Gasteiger partial charge in [0.15, 0.2) is 0 Å². The number of aliphatic hydroxyl groups is 1. The lowest BCUT2D eigenvalue weighted by Gasteiger charge is -2.33. The third-order valence-electron chi connectivity index (χ3n) is 3.54. The molecule has 0 spiro atoms. The summed E-state index contributed by atoms with van der Waals surface area (Å²) < 4.78 is 1.79. The van der Waals surface area contributed by atoms with Gasteiger partial charge in [-0.25, -0.2) is 0 Å². The first-order chi connectivity index (χ1) is 9.04. The van der Waals surface area contributed by atoms with Crippen LogP contribution in [0.25, 0.3) is 0 Å². The van der Waals surface area contributed by atoms with Crippen LogP contribution in [0, 0.1) is 6.92 Å². The summed E-state index contributed by atoms with van der Waals surface area (Å²) in [5, 5.41) is 16.4. The third-order valence-corrected chi connectivity index (χ3v) is 7.42. The number of rotatable bonds is 4. The van der Waals surface area contributed by atoms with E-state index < -0.39 is 0 Å². The van der Waals surface area contributed by atoms with E-state index >= 15 is 0 Å². The first kappa shape index (κ1) is 15.5. The van der Waals surface area contributed by atoms with E-state index in [1.54, 1.807) is 4.68 Å². The number of hydrogen-bond donors (Lipinski definition) is 1. The van der Waals surface area contributed by atoms with Gasteiger partial charge in [-0.05, 0) is 13.3 Å². The summed E-state index contributed by atoms with van der Waals surface area (Å²) in [7, 11) is 1.89. The van der Waals surface area contributed by atoms with Crippen LogP contribution in [0.4, 0.5) is 0 Å². The van der Waals surface area contributed by atoms with Gasteiger partial charge in [0.2, 0.25) is 0 Å². The first-order valence-electron chi connectivity index (χ1n) is 6.63. The average Bonchev–Trinajstić information content (AvgIpc) is 2.65. The molecule has 3 atom stereocenters. The van der Waals surface area contributed by atoms with Crippen LogP contribution in [0.2, 0.25) is 5.02 Å². The lowest BCUT2D eigenvalue weighted by Crippen LogP contribution is -2.37. The van der Waals surface area contributed by atoms with Gasteiger partial charge in [0.05, 0.1) is 22.5 Å². The summed E-state index contributed by atoms with van der Waals surface area (Å²) in [6.45, 7) is 4.10. The van der Waals surface area contributed by atoms with Gasteiger partial charge in [-0.2, -0.15) is 28.6 Å². The van der Waals surface area contributed by atoms with E-state index in [1.807, 2.05) is 37.5 Å². The lowest BCUT2D eigenvalue weighted by molar-refractivity contribution is 0.167. The molecule has 6 heteroatoms. The van der Waals surface area contributed by atoms with Crippen molar-refractivity contribution in [1.82, 2.24) is 9.78 Å². The van der Waals surface area contributed by atoms with E-state index in [-0.39, 0.29) is 6.10 Å². The van der Waals surface area contributed by atoms with Crippen molar-refractivity contribution in [2.24, 2.45) is 7.05 Å². The number of halogens is 1. The molecule has 0 saturated carbocycles. The molecule has 1 fully saturated rings. The van der Waals surface area contributed by atoms with E-state index in [4.69, 9.17) is 11.6 Å². The van der Waals surface area contributed by atoms with Gasteiger partial charge in [0.1, 0.15) is 0 Å². The van der Waals surface area contributed by atoms with E-state index in [9.17, 15) is 5.11 Å². The number of aromatic nitrogens is 2. The minimum absolute atomic E-state index is 0.301. The number of aliphatic hydroxyl groups excluding tert-OH is 1. The Kier molecular flexibility index (Phi) is 5.52. The van der Waals surface area contributed by atoms with Crippen LogP contribution in [0.1, 0.15) is 24.7 Å². The van der Waals surface area contributed by atoms with Crippen LogP contribution in [0.5, 0.6) is 0 Å². The Balaban J connectivity index is 2.09. The summed E-state index contributed by atoms with van der Waals surface area (Å²) in [5.74, 6) is 2.32. The summed E-state index contributed by atoms with van der Waals surface area (Å²) in [6, 6.07) is 0. The van der Waals surface area contributed by atoms with Crippen molar-refractivity contribution in [2.75, 3.05) is 11.5 Å². The molecule has 3 unspecified atom stereocenters. The van der Waals surface area contributed by atoms with Crippen molar-refractivity contribution in [1.29, 1.82) is 0 Å². The molecule has 0 radical (unpaired) electrons. The topological polar surface area (TPSA) is 38.1 Å². The van der Waals surface area contributed by atoms with Gasteiger partial charge >= 0.3 is 0 Å². The molecule has 1 N–H and O–H groups in total. The average molecular weight is 321 g/mol. The standard InChI is InChI=1S/C13H21ClN2OS2/c1-4-11-13(19-6-5-18-11)10(17)7-9-12(14)8(2)15-16(9)3/h10-11,13,17H,4-7H2,1-3H3. The van der Waals surface area contributed by atoms with Crippen molar-refractivity contribution in [3.05, 3.63) is 16.4 Å². The molecular formula is C13H21ClN2OS2. The molecular weight excluding hydrogens is 300 g/mol. The molecule has 2 heterocycles. The number of hydrogen-bond acceptors (Lipinski definition) is 4. The molecule has 2 rings (SSSR count). The van der Waals surface area contributed by atoms with Gasteiger partial charge in [0.25, 0.3) is 0 Å². The molecule has 108 valence electrons. The predicted molar refractivity (Wildman–Crippen MR) is 85.4 cm³/mol. The van der Waals surface area contributed by atoms with Gasteiger partial charge in [0, 0.05) is 35.5 Å². The Morgan fingerprint density at radius 1 is 1.47 bits per heavy atom. The van der Waals surface area contributed by atoms with Crippen molar-refractivity contribution in [2.45, 2.75) is 43.3 Å². The summed E-state index contributed by atoms with van der Waals surface area (Å²) in [6.07, 6.45) is 1.35. The zero-order valence-electron chi connectivity index (χ0n) is 11.6. The molecule has 1 aliphatic heterocycles. The Hall–Kier alpha value is 0.160. The lowest BCUT2D eigenvalue weighted by atomic mass is 10.1. The fraction of sp³-hybridized carbons (Fsp3) is 0.769. The molecule has 3 nitrogen and oxygen atoms in total. The molecule has 1 saturated heterocycles. The quantitative estimate of drug-likeness (QED) is 0.925. The van der Waals surface area contributed by atoms with Gasteiger partial charge in [-0.15, -0.1) is 0 Å². The van der Waals surface area contributed by atoms with E-state index in [0.717, 1.165) is 23.6 Å². The maximum absolute atomic E-state index is 10.6. The highest BCUT2D eigenvalue weighted by Gasteiger charge is 2.32. The predicted octanol–water partition coefficient (Wildman–Crippen LogP) is 2.91. The number of thioether (sulfide) groups is 2. The summed E-state index contributed by atoms with van der Waals surface area (Å²) in [4.78, 5) is 0. The highest BCUT2D eigenvalue weighted by Crippen LogP contribution is 2.36. The van der Waals surface area contributed by atoms with Crippen LogP contribution >= 0.6 is 35.1 Å². The minimum atomic E-state index is -0.352. The van der Waals surface area contributed by atoms with Crippen molar-refractivity contribution < 1.29 is 5.11 Å². The van der Waals surface area contributed by atoms with Crippen LogP contribution in [-0.2, 0) is 13.5 Å². The highest BCUT2D eigenvalue weighted by atomic mass is 35.5. The molecule has 0 aromatic carbocycles. The molecule has 19 heavy (non-hydrogen) atoms. The molecule has 0 bridgehead atoms. The number of nitrogens with zero attached hydrogens (tertiary/aromatic N) is 2. The summed E-state index contributed by atoms with van der Waals surface area (Å²) >= 11 is 10.1. The van der Waals surface area contributed by atoms with E-state index in [0.29, 0.717) is 21.9 Å². The SMILES string of the molecule is CCC1SCCSC1C(O)Cc1c(Cl)c(C)nn1C. The van der Waals surface area contributed by atoms with Crippen LogP contribution in [0.15, 0.2) is 0 Å². The van der Waals surface area contributed by atoms with Gasteiger partial charge in [-0.3, -0.25) is 4.68 Å². The highest BCUT2D eigenvalue weighted by molar-refractivity contribution is 8.07. The molecule has 1 aromatic rings. The van der Waals surface area contributed by atoms with Crippen LogP contribution in [-0.4, -0.2) is 43.0 Å². The second kappa shape index (κ2) is 6.74. The van der Waals surface area contributed by atoms with Crippen LogP contribution in [0.3, 0.4) is 0 Å². The largest absolute Gasteiger partial charge is 0.392 e. The van der Waals surface area contributed by atoms with Crippen molar-refractivity contribution in [3.8, 4) is 0 Å². The van der Waals surface area contributed by atoms with E-state index in [2.05, 4.69) is 12.0 Å². The van der Waals surface area contributed by atoms with Crippen molar-refractivity contribution >= 4 is 35.1 Å². The zero-order chi connectivity index (χ0) is 14.0. The third kappa shape index (κ3) is 3.43. The second-order valence-corrected chi connectivity index (χ2v) is 7.91. The van der Waals surface area contributed by atoms with Gasteiger partial charge < -0.3 is 5.11 Å². The number of aryl methyl sites for hydroxylation is 2. The maximum atomic E-state index is 10.6. The fourth-order valence-corrected chi connectivity index (χ4v) is 5.90. The Morgan fingerprint density at radius 2 is 2.16 bits per heavy atom. The summed E-state index contributed by atoms with van der Waals surface area (Å²) in [5.41, 5.74) is 1.78. The normalized spacial score (nSPS) is 25.5. The van der Waals surface area contributed by atoms with Crippen LogP contribution < -0.4 is 0 Å². The fourth-order valence-electron chi connectivity index (χ4n) is 2.51. The first-order valence-corrected chi connectivity index (χ1v) is 9.11. The maximum Gasteiger partial charge on any atom is 0.0847 e. The molecule has 0 aliphatic carbocycles. The molecule has 1 aromatic heterocycles. The van der Waals surface area contributed by atoms with E-state index in [1.165, 1.54) is 5.75 Å². The Bertz CT molecular complexity index is 439. The van der Waals surface area contributed by atoms with Crippen molar-refractivity contribution in [3.63, 3.8) is 0 Å². The minimum Gasteiger partial charge on any atom is -0.392 e. The Labute approximate surface area is 128 Å². The molecule has 0 amide bonds. The van der Waals surface area contributed by atoms with Gasteiger partial charge in [-0.1, -0.05) is 18.5 Å².